The smallest absolute Gasteiger partial charge is 0.204 e. The fourth-order valence-corrected chi connectivity index (χ4v) is 2.10. The molecule has 1 aromatic rings. The Bertz CT molecular complexity index is 477. The van der Waals surface area contributed by atoms with Crippen LogP contribution in [0.4, 0.5) is 0 Å². The zero-order valence-corrected chi connectivity index (χ0v) is 11.2. The van der Waals surface area contributed by atoms with Crippen LogP contribution in [0.3, 0.4) is 0 Å². The van der Waals surface area contributed by atoms with Gasteiger partial charge in [0.25, 0.3) is 0 Å². The van der Waals surface area contributed by atoms with Gasteiger partial charge in [-0.25, -0.2) is 0 Å². The number of hydrogen-bond acceptors (Lipinski definition) is 4. The van der Waals surface area contributed by atoms with Crippen molar-refractivity contribution in [3.8, 4) is 17.2 Å². The number of carbonyl (C=O) groups is 1. The van der Waals surface area contributed by atoms with Gasteiger partial charge in [-0.2, -0.15) is 0 Å². The third-order valence-electron chi connectivity index (χ3n) is 2.85. The van der Waals surface area contributed by atoms with Crippen molar-refractivity contribution < 1.29 is 19.0 Å². The van der Waals surface area contributed by atoms with E-state index in [4.69, 9.17) is 14.2 Å². The summed E-state index contributed by atoms with van der Waals surface area (Å²) in [5, 5.41) is 0. The summed E-state index contributed by atoms with van der Waals surface area (Å²) in [7, 11) is 1.57. The first-order valence-electron chi connectivity index (χ1n) is 6.04. The average molecular weight is 250 g/mol. The minimum atomic E-state index is -0.512. The number of ketones is 1. The maximum Gasteiger partial charge on any atom is 0.204 e. The van der Waals surface area contributed by atoms with Crippen molar-refractivity contribution in [1.29, 1.82) is 0 Å². The molecule has 0 aliphatic carbocycles. The Kier molecular flexibility index (Phi) is 3.20. The summed E-state index contributed by atoms with van der Waals surface area (Å²) in [6.07, 6.45) is 0.373. The van der Waals surface area contributed by atoms with Gasteiger partial charge in [-0.3, -0.25) is 4.79 Å². The number of methoxy groups -OCH3 is 1. The highest BCUT2D eigenvalue weighted by atomic mass is 16.5. The third-order valence-corrected chi connectivity index (χ3v) is 2.85. The summed E-state index contributed by atoms with van der Waals surface area (Å²) in [5.41, 5.74) is 0.0565. The molecule has 0 saturated carbocycles. The van der Waals surface area contributed by atoms with Crippen LogP contribution in [0.2, 0.25) is 0 Å². The highest BCUT2D eigenvalue weighted by Crippen LogP contribution is 2.45. The minimum Gasteiger partial charge on any atom is -0.493 e. The van der Waals surface area contributed by atoms with E-state index in [0.717, 1.165) is 0 Å². The van der Waals surface area contributed by atoms with Crippen molar-refractivity contribution in [3.63, 3.8) is 0 Å². The number of fused-ring (bicyclic) bond motifs is 1. The maximum atomic E-state index is 12.1. The van der Waals surface area contributed by atoms with Crippen LogP contribution in [0.1, 0.15) is 37.6 Å². The molecular weight excluding hydrogens is 232 g/mol. The molecule has 4 heteroatoms. The summed E-state index contributed by atoms with van der Waals surface area (Å²) < 4.78 is 16.7. The molecular formula is C14H18O4. The Morgan fingerprint density at radius 3 is 2.72 bits per heavy atom. The quantitative estimate of drug-likeness (QED) is 0.827. The monoisotopic (exact) mass is 250 g/mol. The third kappa shape index (κ3) is 2.15. The first-order valence-corrected chi connectivity index (χ1v) is 6.04. The van der Waals surface area contributed by atoms with E-state index in [1.807, 2.05) is 20.8 Å². The van der Waals surface area contributed by atoms with Crippen LogP contribution >= 0.6 is 0 Å². The molecule has 0 unspecified atom stereocenters. The minimum absolute atomic E-state index is 0.0739. The molecule has 1 aliphatic rings. The fraction of sp³-hybridized carbons (Fsp3) is 0.500. The molecule has 2 rings (SSSR count). The van der Waals surface area contributed by atoms with Crippen LogP contribution in [-0.4, -0.2) is 25.1 Å². The second-order valence-corrected chi connectivity index (χ2v) is 4.87. The lowest BCUT2D eigenvalue weighted by molar-refractivity contribution is 0.0593. The molecule has 1 aromatic carbocycles. The zero-order chi connectivity index (χ0) is 13.3. The van der Waals surface area contributed by atoms with Crippen LogP contribution in [0, 0.1) is 0 Å². The van der Waals surface area contributed by atoms with Crippen LogP contribution in [0.15, 0.2) is 12.1 Å². The number of benzene rings is 1. The van der Waals surface area contributed by atoms with Gasteiger partial charge >= 0.3 is 0 Å². The fourth-order valence-electron chi connectivity index (χ4n) is 2.10. The van der Waals surface area contributed by atoms with Crippen LogP contribution in [-0.2, 0) is 0 Å². The van der Waals surface area contributed by atoms with E-state index in [1.54, 1.807) is 19.2 Å². The number of ether oxygens (including phenoxy) is 3. The van der Waals surface area contributed by atoms with Gasteiger partial charge < -0.3 is 14.2 Å². The summed E-state index contributed by atoms with van der Waals surface area (Å²) in [6.45, 7) is 6.16. The van der Waals surface area contributed by atoms with Crippen molar-refractivity contribution in [2.45, 2.75) is 32.8 Å². The van der Waals surface area contributed by atoms with Crippen molar-refractivity contribution in [2.24, 2.45) is 0 Å². The number of carbonyl (C=O) groups excluding carboxylic acids is 1. The highest BCUT2D eigenvalue weighted by molar-refractivity contribution is 6.01. The van der Waals surface area contributed by atoms with Gasteiger partial charge in [0.1, 0.15) is 5.60 Å². The maximum absolute atomic E-state index is 12.1. The van der Waals surface area contributed by atoms with Crippen molar-refractivity contribution >= 4 is 5.78 Å². The van der Waals surface area contributed by atoms with Gasteiger partial charge in [-0.15, -0.1) is 0 Å². The van der Waals surface area contributed by atoms with E-state index in [-0.39, 0.29) is 5.78 Å². The van der Waals surface area contributed by atoms with Gasteiger partial charge in [-0.05, 0) is 32.9 Å². The number of Topliss-reactive ketones (excluding diaryl/α,β-unsaturated/α-hetero) is 1. The van der Waals surface area contributed by atoms with Gasteiger partial charge in [0.05, 0.1) is 25.7 Å². The standard InChI is InChI=1S/C14H18O4/c1-5-17-13-11(16-4)7-6-9-10(15)8-14(2,3)18-12(9)13/h6-7H,5,8H2,1-4H3. The van der Waals surface area contributed by atoms with Crippen molar-refractivity contribution in [3.05, 3.63) is 17.7 Å². The van der Waals surface area contributed by atoms with E-state index < -0.39 is 5.60 Å². The lowest BCUT2D eigenvalue weighted by Gasteiger charge is -2.32. The van der Waals surface area contributed by atoms with Gasteiger partial charge in [0.15, 0.2) is 17.3 Å². The lowest BCUT2D eigenvalue weighted by Crippen LogP contribution is -2.36. The van der Waals surface area contributed by atoms with E-state index in [0.29, 0.717) is 35.8 Å². The Morgan fingerprint density at radius 2 is 2.11 bits per heavy atom. The predicted octanol–water partition coefficient (Wildman–Crippen LogP) is 2.84. The van der Waals surface area contributed by atoms with Gasteiger partial charge in [0.2, 0.25) is 5.75 Å². The molecule has 18 heavy (non-hydrogen) atoms. The predicted molar refractivity (Wildman–Crippen MR) is 67.8 cm³/mol. The van der Waals surface area contributed by atoms with E-state index in [1.165, 1.54) is 0 Å². The molecule has 98 valence electrons. The average Bonchev–Trinajstić information content (AvgIpc) is 2.29. The molecule has 0 spiro atoms. The summed E-state index contributed by atoms with van der Waals surface area (Å²) >= 11 is 0. The summed E-state index contributed by atoms with van der Waals surface area (Å²) in [5.74, 6) is 1.67. The van der Waals surface area contributed by atoms with Crippen molar-refractivity contribution in [1.82, 2.24) is 0 Å². The molecule has 0 radical (unpaired) electrons. The normalized spacial score (nSPS) is 16.8. The largest absolute Gasteiger partial charge is 0.493 e. The molecule has 0 saturated heterocycles. The Labute approximate surface area is 107 Å². The Hall–Kier alpha value is -1.71. The topological polar surface area (TPSA) is 44.8 Å². The second-order valence-electron chi connectivity index (χ2n) is 4.87. The highest BCUT2D eigenvalue weighted by Gasteiger charge is 2.35. The molecule has 0 atom stereocenters. The summed E-state index contributed by atoms with van der Waals surface area (Å²) in [6, 6.07) is 3.47. The molecule has 4 nitrogen and oxygen atoms in total. The van der Waals surface area contributed by atoms with Crippen LogP contribution in [0.25, 0.3) is 0 Å². The van der Waals surface area contributed by atoms with E-state index >= 15 is 0 Å². The first-order chi connectivity index (χ1) is 8.48. The van der Waals surface area contributed by atoms with Crippen LogP contribution in [0.5, 0.6) is 17.2 Å². The Balaban J connectivity index is 2.57. The molecule has 0 fully saturated rings. The molecule has 1 heterocycles. The molecule has 0 bridgehead atoms. The Morgan fingerprint density at radius 1 is 1.39 bits per heavy atom. The molecule has 1 aliphatic heterocycles. The zero-order valence-electron chi connectivity index (χ0n) is 11.2. The number of rotatable bonds is 3. The molecule has 0 N–H and O–H groups in total. The molecule has 0 amide bonds. The second kappa shape index (κ2) is 4.52. The SMILES string of the molecule is CCOc1c(OC)ccc2c1OC(C)(C)CC2=O. The van der Waals surface area contributed by atoms with E-state index in [2.05, 4.69) is 0 Å². The van der Waals surface area contributed by atoms with Gasteiger partial charge in [0, 0.05) is 0 Å². The number of hydrogen-bond donors (Lipinski definition) is 0. The van der Waals surface area contributed by atoms with Crippen molar-refractivity contribution in [2.75, 3.05) is 13.7 Å². The van der Waals surface area contributed by atoms with E-state index in [9.17, 15) is 4.79 Å². The van der Waals surface area contributed by atoms with Gasteiger partial charge in [-0.1, -0.05) is 0 Å². The first kappa shape index (κ1) is 12.7. The molecule has 0 aromatic heterocycles. The van der Waals surface area contributed by atoms with Crippen LogP contribution < -0.4 is 14.2 Å². The lowest BCUT2D eigenvalue weighted by atomic mass is 9.93. The summed E-state index contributed by atoms with van der Waals surface area (Å²) in [4.78, 5) is 12.1.